The molecule has 106 heavy (non-hydrogen) atoms. The fraction of sp³-hybridized carbons (Fsp3) is 0.957. The Balaban J connectivity index is 5.49. The summed E-state index contributed by atoms with van der Waals surface area (Å²) >= 11 is 0. The number of hydrogen-bond donors (Lipinski definition) is 2. The molecule has 0 aliphatic rings. The van der Waals surface area contributed by atoms with Gasteiger partial charge in [0.25, 0.3) is 0 Å². The van der Waals surface area contributed by atoms with E-state index in [4.69, 9.17) is 18.9 Å². The van der Waals surface area contributed by atoms with Crippen LogP contribution in [0.3, 0.4) is 0 Å². The molecule has 0 fully saturated rings. The van der Waals surface area contributed by atoms with E-state index < -0.39 is 0 Å². The predicted molar refractivity (Wildman–Crippen MR) is 457 cm³/mol. The zero-order valence-electron chi connectivity index (χ0n) is 72.6. The second kappa shape index (κ2) is 85.2. The van der Waals surface area contributed by atoms with E-state index in [0.29, 0.717) is 25.7 Å². The standard InChI is InChI=1S/C94H186N4O8/c1-9-17-23-29-35-37-45-53-67-87(15-7)103-91(99)75-61-51-65-83-97(81-63-49-39-47-59-73-93(101)105-89(69-55-41-31-25-19-11-3)70-56-42-32-26-20-12-4)85-79-95-77-78-96-80-86-98(84-66-52-62-76-92(100)104-88(16-8)68-54-46-38-36-30-24-18-10-2)82-64-50-40-48-60-74-94(102)106-90(71-57-43-33-27-21-13-5)72-58-44-34-28-22-14-6/h87-90,95-96H,9-86H2,1-8H3. The summed E-state index contributed by atoms with van der Waals surface area (Å²) in [7, 11) is 0. The Hall–Kier alpha value is -2.28. The maximum absolute atomic E-state index is 13.2. The quantitative estimate of drug-likeness (QED) is 0.0341. The molecule has 2 unspecified atom stereocenters. The number of esters is 4. The van der Waals surface area contributed by atoms with Gasteiger partial charge in [0.15, 0.2) is 0 Å². The van der Waals surface area contributed by atoms with Gasteiger partial charge in [0.1, 0.15) is 24.4 Å². The molecule has 0 aromatic rings. The van der Waals surface area contributed by atoms with Gasteiger partial charge in [-0.15, -0.1) is 0 Å². The lowest BCUT2D eigenvalue weighted by molar-refractivity contribution is -0.151. The van der Waals surface area contributed by atoms with E-state index >= 15 is 0 Å². The molecule has 2 atom stereocenters. The lowest BCUT2D eigenvalue weighted by atomic mass is 10.0. The van der Waals surface area contributed by atoms with Crippen molar-refractivity contribution in [2.75, 3.05) is 65.4 Å². The zero-order valence-corrected chi connectivity index (χ0v) is 72.6. The average Bonchev–Trinajstić information content (AvgIpc) is 1.68. The van der Waals surface area contributed by atoms with Crippen LogP contribution in [0.2, 0.25) is 0 Å². The molecular formula is C94H186N4O8. The molecule has 0 spiro atoms. The highest BCUT2D eigenvalue weighted by Crippen LogP contribution is 2.23. The first-order chi connectivity index (χ1) is 52.1. The summed E-state index contributed by atoms with van der Waals surface area (Å²) in [4.78, 5) is 57.6. The monoisotopic (exact) mass is 1500 g/mol. The van der Waals surface area contributed by atoms with Gasteiger partial charge in [-0.2, -0.15) is 0 Å². The number of carbonyl (C=O) groups is 4. The van der Waals surface area contributed by atoms with Crippen LogP contribution in [0.25, 0.3) is 0 Å². The summed E-state index contributed by atoms with van der Waals surface area (Å²) in [6.07, 6.45) is 78.5. The molecule has 0 bridgehead atoms. The Kier molecular flexibility index (Phi) is 83.3. The largest absolute Gasteiger partial charge is 0.462 e. The van der Waals surface area contributed by atoms with Crippen LogP contribution in [0, 0.1) is 0 Å². The van der Waals surface area contributed by atoms with Crippen LogP contribution < -0.4 is 10.6 Å². The van der Waals surface area contributed by atoms with Crippen molar-refractivity contribution >= 4 is 23.9 Å². The fourth-order valence-electron chi connectivity index (χ4n) is 15.2. The molecule has 2 N–H and O–H groups in total. The second-order valence-electron chi connectivity index (χ2n) is 32.9. The van der Waals surface area contributed by atoms with E-state index in [9.17, 15) is 19.2 Å². The van der Waals surface area contributed by atoms with E-state index in [2.05, 4.69) is 75.8 Å². The Morgan fingerprint density at radius 2 is 0.387 bits per heavy atom. The minimum absolute atomic E-state index is 0.0166. The van der Waals surface area contributed by atoms with Gasteiger partial charge < -0.3 is 39.4 Å². The summed E-state index contributed by atoms with van der Waals surface area (Å²) < 4.78 is 24.4. The molecule has 0 saturated heterocycles. The van der Waals surface area contributed by atoms with Crippen LogP contribution >= 0.6 is 0 Å². The summed E-state index contributed by atoms with van der Waals surface area (Å²) in [5.41, 5.74) is 0. The van der Waals surface area contributed by atoms with E-state index in [1.54, 1.807) is 0 Å². The third-order valence-electron chi connectivity index (χ3n) is 22.5. The highest BCUT2D eigenvalue weighted by molar-refractivity contribution is 5.70. The Labute approximate surface area is 660 Å². The first-order valence-electron chi connectivity index (χ1n) is 47.7. The molecule has 12 heteroatoms. The van der Waals surface area contributed by atoms with E-state index in [-0.39, 0.29) is 48.3 Å². The van der Waals surface area contributed by atoms with Gasteiger partial charge in [-0.05, 0) is 167 Å². The van der Waals surface area contributed by atoms with Crippen molar-refractivity contribution in [2.24, 2.45) is 0 Å². The molecule has 0 saturated carbocycles. The summed E-state index contributed by atoms with van der Waals surface area (Å²) in [6, 6.07) is 0. The van der Waals surface area contributed by atoms with Crippen molar-refractivity contribution in [2.45, 2.75) is 516 Å². The minimum Gasteiger partial charge on any atom is -0.462 e. The van der Waals surface area contributed by atoms with Gasteiger partial charge in [0, 0.05) is 65.0 Å². The molecule has 0 rings (SSSR count). The van der Waals surface area contributed by atoms with Crippen molar-refractivity contribution in [1.29, 1.82) is 0 Å². The number of unbranched alkanes of at least 4 members (excludes halogenated alkanes) is 46. The number of hydrogen-bond acceptors (Lipinski definition) is 12. The van der Waals surface area contributed by atoms with Crippen LogP contribution in [0.1, 0.15) is 492 Å². The molecule has 0 amide bonds. The number of rotatable bonds is 89. The van der Waals surface area contributed by atoms with Gasteiger partial charge in [0.05, 0.1) is 0 Å². The minimum atomic E-state index is -0.0166. The maximum atomic E-state index is 13.2. The highest BCUT2D eigenvalue weighted by Gasteiger charge is 2.19. The number of carbonyl (C=O) groups excluding carboxylic acids is 4. The molecule has 630 valence electrons. The summed E-state index contributed by atoms with van der Waals surface area (Å²) in [5.74, 6) is 0.00148. The lowest BCUT2D eigenvalue weighted by Gasteiger charge is -2.23. The first-order valence-corrected chi connectivity index (χ1v) is 47.7. The molecule has 0 aromatic carbocycles. The van der Waals surface area contributed by atoms with Gasteiger partial charge in [0.2, 0.25) is 0 Å². The summed E-state index contributed by atoms with van der Waals surface area (Å²) in [5, 5.41) is 7.54. The maximum Gasteiger partial charge on any atom is 0.306 e. The lowest BCUT2D eigenvalue weighted by Crippen LogP contribution is -2.38. The van der Waals surface area contributed by atoms with Crippen LogP contribution in [-0.4, -0.2) is 124 Å². The Morgan fingerprint density at radius 3 is 0.613 bits per heavy atom. The van der Waals surface area contributed by atoms with Gasteiger partial charge in [-0.1, -0.05) is 325 Å². The third-order valence-corrected chi connectivity index (χ3v) is 22.5. The molecule has 0 aromatic heterocycles. The van der Waals surface area contributed by atoms with E-state index in [0.717, 1.165) is 220 Å². The van der Waals surface area contributed by atoms with Crippen molar-refractivity contribution in [3.8, 4) is 0 Å². The van der Waals surface area contributed by atoms with Gasteiger partial charge in [-0.3, -0.25) is 19.2 Å². The summed E-state index contributed by atoms with van der Waals surface area (Å²) in [6.45, 7) is 28.0. The van der Waals surface area contributed by atoms with Gasteiger partial charge in [-0.25, -0.2) is 0 Å². The Morgan fingerprint density at radius 1 is 0.208 bits per heavy atom. The van der Waals surface area contributed by atoms with Crippen LogP contribution in [0.4, 0.5) is 0 Å². The Bertz CT molecular complexity index is 1650. The molecule has 0 heterocycles. The third kappa shape index (κ3) is 75.7. The number of nitrogens with zero attached hydrogens (tertiary/aromatic N) is 2. The SMILES string of the molecule is CCCCCCCCCCC(CC)OC(=O)CCCCCN(CCCCCCCC(=O)OC(CCCCCCCC)CCCCCCCC)CCNCCNCCN(CCCCCCCC(=O)OC(CCCCCCCC)CCCCCCCC)CCCCCC(=O)OC(CC)CCCCCCCCCC. The van der Waals surface area contributed by atoms with Gasteiger partial charge >= 0.3 is 23.9 Å². The normalized spacial score (nSPS) is 12.4. The van der Waals surface area contributed by atoms with Crippen molar-refractivity contribution in [3.63, 3.8) is 0 Å². The van der Waals surface area contributed by atoms with Crippen LogP contribution in [0.15, 0.2) is 0 Å². The highest BCUT2D eigenvalue weighted by atomic mass is 16.6. The molecule has 0 aliphatic heterocycles. The van der Waals surface area contributed by atoms with Crippen molar-refractivity contribution in [3.05, 3.63) is 0 Å². The van der Waals surface area contributed by atoms with Crippen molar-refractivity contribution in [1.82, 2.24) is 20.4 Å². The molecule has 0 aliphatic carbocycles. The smallest absolute Gasteiger partial charge is 0.306 e. The fourth-order valence-corrected chi connectivity index (χ4v) is 15.2. The number of nitrogens with one attached hydrogen (secondary N) is 2. The zero-order chi connectivity index (χ0) is 77.2. The molecule has 0 radical (unpaired) electrons. The average molecular weight is 1500 g/mol. The number of ether oxygens (including phenoxy) is 4. The van der Waals surface area contributed by atoms with Crippen LogP contribution in [0.5, 0.6) is 0 Å². The van der Waals surface area contributed by atoms with E-state index in [1.807, 2.05) is 0 Å². The first kappa shape index (κ1) is 104. The van der Waals surface area contributed by atoms with Crippen molar-refractivity contribution < 1.29 is 38.1 Å². The molecule has 12 nitrogen and oxygen atoms in total. The van der Waals surface area contributed by atoms with E-state index in [1.165, 1.54) is 257 Å². The molecular weight excluding hydrogens is 1310 g/mol. The topological polar surface area (TPSA) is 136 Å². The van der Waals surface area contributed by atoms with Crippen LogP contribution in [-0.2, 0) is 38.1 Å². The predicted octanol–water partition coefficient (Wildman–Crippen LogP) is 27.1. The second-order valence-corrected chi connectivity index (χ2v) is 32.9.